The van der Waals surface area contributed by atoms with E-state index in [0.29, 0.717) is 12.6 Å². The molecule has 1 saturated heterocycles. The second-order valence-electron chi connectivity index (χ2n) is 5.37. The number of benzene rings is 1. The molecular formula is C16H21BrN2O. The van der Waals surface area contributed by atoms with Gasteiger partial charge in [-0.2, -0.15) is 0 Å². The molecule has 0 spiro atoms. The molecule has 108 valence electrons. The maximum Gasteiger partial charge on any atom is 0.120 e. The molecule has 1 atom stereocenters. The van der Waals surface area contributed by atoms with Gasteiger partial charge in [0.25, 0.3) is 0 Å². The van der Waals surface area contributed by atoms with Gasteiger partial charge in [0.05, 0.1) is 6.61 Å². The molecule has 3 rings (SSSR count). The second kappa shape index (κ2) is 5.78. The van der Waals surface area contributed by atoms with Crippen LogP contribution in [0.4, 0.5) is 0 Å². The Morgan fingerprint density at radius 1 is 1.40 bits per heavy atom. The van der Waals surface area contributed by atoms with Crippen LogP contribution in [0.25, 0.3) is 10.9 Å². The van der Waals surface area contributed by atoms with Crippen LogP contribution in [0.1, 0.15) is 37.9 Å². The summed E-state index contributed by atoms with van der Waals surface area (Å²) in [6.07, 6.45) is 3.80. The van der Waals surface area contributed by atoms with Gasteiger partial charge in [-0.05, 0) is 60.4 Å². The van der Waals surface area contributed by atoms with Gasteiger partial charge >= 0.3 is 0 Å². The number of hydrogen-bond acceptors (Lipinski definition) is 2. The number of rotatable bonds is 3. The summed E-state index contributed by atoms with van der Waals surface area (Å²) < 4.78 is 9.13. The number of aromatic nitrogens is 1. The van der Waals surface area contributed by atoms with E-state index in [9.17, 15) is 0 Å². The number of hydrogen-bond donors (Lipinski definition) is 1. The molecule has 0 aliphatic carbocycles. The SMILES string of the molecule is CCOc1ccc2c(c1)c(Br)c(C1CCCCN1)n2C. The molecule has 0 bridgehead atoms. The number of halogens is 1. The zero-order valence-electron chi connectivity index (χ0n) is 12.1. The summed E-state index contributed by atoms with van der Waals surface area (Å²) in [5.74, 6) is 0.939. The summed E-state index contributed by atoms with van der Waals surface area (Å²) in [4.78, 5) is 0. The summed E-state index contributed by atoms with van der Waals surface area (Å²) in [7, 11) is 2.15. The third-order valence-electron chi connectivity index (χ3n) is 4.10. The smallest absolute Gasteiger partial charge is 0.120 e. The molecule has 1 aromatic carbocycles. The van der Waals surface area contributed by atoms with Crippen molar-refractivity contribution in [1.29, 1.82) is 0 Å². The van der Waals surface area contributed by atoms with Crippen molar-refractivity contribution in [2.75, 3.05) is 13.2 Å². The highest BCUT2D eigenvalue weighted by atomic mass is 79.9. The van der Waals surface area contributed by atoms with Crippen molar-refractivity contribution in [1.82, 2.24) is 9.88 Å². The zero-order valence-corrected chi connectivity index (χ0v) is 13.7. The van der Waals surface area contributed by atoms with E-state index in [1.165, 1.54) is 40.3 Å². The first-order valence-electron chi connectivity index (χ1n) is 7.36. The van der Waals surface area contributed by atoms with E-state index < -0.39 is 0 Å². The molecule has 20 heavy (non-hydrogen) atoms. The topological polar surface area (TPSA) is 26.2 Å². The lowest BCUT2D eigenvalue weighted by molar-refractivity contribution is 0.340. The second-order valence-corrected chi connectivity index (χ2v) is 6.17. The molecule has 1 N–H and O–H groups in total. The Kier molecular flexibility index (Phi) is 4.03. The molecule has 1 fully saturated rings. The van der Waals surface area contributed by atoms with E-state index in [4.69, 9.17) is 4.74 Å². The summed E-state index contributed by atoms with van der Waals surface area (Å²) >= 11 is 3.81. The summed E-state index contributed by atoms with van der Waals surface area (Å²) in [6.45, 7) is 3.83. The molecule has 1 aliphatic heterocycles. The highest BCUT2D eigenvalue weighted by Gasteiger charge is 2.23. The Morgan fingerprint density at radius 2 is 2.25 bits per heavy atom. The highest BCUT2D eigenvalue weighted by Crippen LogP contribution is 2.38. The Bertz CT molecular complexity index is 614. The van der Waals surface area contributed by atoms with Crippen LogP contribution in [-0.4, -0.2) is 17.7 Å². The largest absolute Gasteiger partial charge is 0.494 e. The monoisotopic (exact) mass is 336 g/mol. The van der Waals surface area contributed by atoms with Crippen molar-refractivity contribution < 1.29 is 4.74 Å². The Morgan fingerprint density at radius 3 is 2.95 bits per heavy atom. The van der Waals surface area contributed by atoms with Crippen LogP contribution in [0.15, 0.2) is 22.7 Å². The first kappa shape index (κ1) is 14.0. The first-order valence-corrected chi connectivity index (χ1v) is 8.15. The standard InChI is InChI=1S/C16H21BrN2O/c1-3-20-11-7-8-14-12(10-11)15(17)16(19(14)2)13-6-4-5-9-18-13/h7-8,10,13,18H,3-6,9H2,1-2H3. The Labute approximate surface area is 128 Å². The summed E-state index contributed by atoms with van der Waals surface area (Å²) in [5.41, 5.74) is 2.61. The fraction of sp³-hybridized carbons (Fsp3) is 0.500. The first-order chi connectivity index (χ1) is 9.72. The van der Waals surface area contributed by atoms with E-state index in [0.717, 1.165) is 12.3 Å². The average Bonchev–Trinajstić information content (AvgIpc) is 2.72. The number of aryl methyl sites for hydroxylation is 1. The van der Waals surface area contributed by atoms with Gasteiger partial charge in [0.2, 0.25) is 0 Å². The zero-order chi connectivity index (χ0) is 14.1. The molecule has 0 amide bonds. The molecule has 0 saturated carbocycles. The lowest BCUT2D eigenvalue weighted by Crippen LogP contribution is -2.28. The lowest BCUT2D eigenvalue weighted by Gasteiger charge is -2.24. The molecule has 1 aliphatic rings. The maximum atomic E-state index is 5.62. The maximum absolute atomic E-state index is 5.62. The van der Waals surface area contributed by atoms with Gasteiger partial charge in [0.15, 0.2) is 0 Å². The molecule has 4 heteroatoms. The molecule has 1 unspecified atom stereocenters. The van der Waals surface area contributed by atoms with Crippen LogP contribution in [-0.2, 0) is 7.05 Å². The predicted molar refractivity (Wildman–Crippen MR) is 86.4 cm³/mol. The minimum atomic E-state index is 0.450. The van der Waals surface area contributed by atoms with E-state index >= 15 is 0 Å². The van der Waals surface area contributed by atoms with Gasteiger partial charge in [-0.15, -0.1) is 0 Å². The van der Waals surface area contributed by atoms with Crippen LogP contribution >= 0.6 is 15.9 Å². The van der Waals surface area contributed by atoms with Crippen molar-refractivity contribution in [3.63, 3.8) is 0 Å². The molecule has 2 heterocycles. The number of piperidine rings is 1. The van der Waals surface area contributed by atoms with Crippen LogP contribution < -0.4 is 10.1 Å². The average molecular weight is 337 g/mol. The lowest BCUT2D eigenvalue weighted by atomic mass is 10.0. The van der Waals surface area contributed by atoms with Gasteiger partial charge in [0, 0.05) is 34.2 Å². The molecule has 0 radical (unpaired) electrons. The minimum absolute atomic E-state index is 0.450. The molecule has 1 aromatic heterocycles. The van der Waals surface area contributed by atoms with Crippen LogP contribution in [0.2, 0.25) is 0 Å². The normalized spacial score (nSPS) is 19.4. The van der Waals surface area contributed by atoms with Gasteiger partial charge in [-0.25, -0.2) is 0 Å². The molecular weight excluding hydrogens is 316 g/mol. The number of nitrogens with zero attached hydrogens (tertiary/aromatic N) is 1. The van der Waals surface area contributed by atoms with E-state index in [2.05, 4.69) is 51.1 Å². The third kappa shape index (κ3) is 2.35. The Balaban J connectivity index is 2.08. The Hall–Kier alpha value is -1.00. The van der Waals surface area contributed by atoms with E-state index in [1.807, 2.05) is 6.92 Å². The van der Waals surface area contributed by atoms with Gasteiger partial charge in [-0.3, -0.25) is 0 Å². The highest BCUT2D eigenvalue weighted by molar-refractivity contribution is 9.10. The predicted octanol–water partition coefficient (Wildman–Crippen LogP) is 4.15. The van der Waals surface area contributed by atoms with Gasteiger partial charge in [-0.1, -0.05) is 6.42 Å². The van der Waals surface area contributed by atoms with Crippen LogP contribution in [0.3, 0.4) is 0 Å². The summed E-state index contributed by atoms with van der Waals surface area (Å²) in [5, 5.41) is 4.87. The number of fused-ring (bicyclic) bond motifs is 1. The van der Waals surface area contributed by atoms with Gasteiger partial charge in [0.1, 0.15) is 5.75 Å². The molecule has 3 nitrogen and oxygen atoms in total. The van der Waals surface area contributed by atoms with E-state index in [1.54, 1.807) is 0 Å². The molecule has 2 aromatic rings. The van der Waals surface area contributed by atoms with E-state index in [-0.39, 0.29) is 0 Å². The van der Waals surface area contributed by atoms with Crippen LogP contribution in [0.5, 0.6) is 5.75 Å². The van der Waals surface area contributed by atoms with Crippen molar-refractivity contribution in [3.05, 3.63) is 28.4 Å². The number of ether oxygens (including phenoxy) is 1. The summed E-state index contributed by atoms with van der Waals surface area (Å²) in [6, 6.07) is 6.79. The van der Waals surface area contributed by atoms with Crippen molar-refractivity contribution in [2.24, 2.45) is 7.05 Å². The third-order valence-corrected chi connectivity index (χ3v) is 4.94. The van der Waals surface area contributed by atoms with Crippen molar-refractivity contribution in [3.8, 4) is 5.75 Å². The minimum Gasteiger partial charge on any atom is -0.494 e. The van der Waals surface area contributed by atoms with Crippen molar-refractivity contribution in [2.45, 2.75) is 32.2 Å². The quantitative estimate of drug-likeness (QED) is 0.910. The fourth-order valence-corrected chi connectivity index (χ4v) is 3.99. The van der Waals surface area contributed by atoms with Crippen LogP contribution in [0, 0.1) is 0 Å². The number of nitrogens with one attached hydrogen (secondary N) is 1. The van der Waals surface area contributed by atoms with Gasteiger partial charge < -0.3 is 14.6 Å². The van der Waals surface area contributed by atoms with Crippen molar-refractivity contribution >= 4 is 26.8 Å². The fourth-order valence-electron chi connectivity index (χ4n) is 3.13.